The second kappa shape index (κ2) is 5.66. The third-order valence-corrected chi connectivity index (χ3v) is 2.58. The predicted octanol–water partition coefficient (Wildman–Crippen LogP) is 2.01. The van der Waals surface area contributed by atoms with Crippen LogP contribution in [-0.2, 0) is 11.2 Å². The third kappa shape index (κ3) is 4.03. The fraction of sp³-hybridized carbons (Fsp3) is 0.462. The minimum absolute atomic E-state index is 0.295. The zero-order valence-corrected chi connectivity index (χ0v) is 9.68. The van der Waals surface area contributed by atoms with Gasteiger partial charge in [0.2, 0.25) is 0 Å². The Balaban J connectivity index is 2.68. The van der Waals surface area contributed by atoms with Crippen LogP contribution in [0, 0.1) is 12.8 Å². The van der Waals surface area contributed by atoms with Crippen LogP contribution in [0.25, 0.3) is 0 Å². The number of carboxylic acid groups (broad SMARTS) is 1. The van der Waals surface area contributed by atoms with Crippen LogP contribution in [0.3, 0.4) is 0 Å². The summed E-state index contributed by atoms with van der Waals surface area (Å²) >= 11 is 0. The molecule has 0 aliphatic heterocycles. The number of carboxylic acids is 1. The van der Waals surface area contributed by atoms with E-state index in [0.29, 0.717) is 12.8 Å². The van der Waals surface area contributed by atoms with Crippen LogP contribution in [0.5, 0.6) is 0 Å². The Bertz CT molecular complexity index is 341. The van der Waals surface area contributed by atoms with Crippen molar-refractivity contribution in [2.45, 2.75) is 32.8 Å². The standard InChI is InChI=1S/C13H18O3/c1-9-3-5-11(6-4-9)8-12(13(15)16)7-10(2)14/h3-6,10,12,14H,7-8H2,1-2H3,(H,15,16). The highest BCUT2D eigenvalue weighted by Gasteiger charge is 2.19. The van der Waals surface area contributed by atoms with E-state index in [1.807, 2.05) is 31.2 Å². The molecule has 1 aromatic rings. The van der Waals surface area contributed by atoms with Gasteiger partial charge in [-0.05, 0) is 32.3 Å². The van der Waals surface area contributed by atoms with E-state index in [2.05, 4.69) is 0 Å². The number of benzene rings is 1. The lowest BCUT2D eigenvalue weighted by Crippen LogP contribution is -2.21. The maximum Gasteiger partial charge on any atom is 0.306 e. The van der Waals surface area contributed by atoms with E-state index in [9.17, 15) is 9.90 Å². The van der Waals surface area contributed by atoms with Crippen molar-refractivity contribution in [1.82, 2.24) is 0 Å². The Labute approximate surface area is 95.7 Å². The molecule has 0 saturated carbocycles. The first-order valence-corrected chi connectivity index (χ1v) is 5.45. The summed E-state index contributed by atoms with van der Waals surface area (Å²) in [6.45, 7) is 3.61. The highest BCUT2D eigenvalue weighted by Crippen LogP contribution is 2.15. The molecular formula is C13H18O3. The average molecular weight is 222 g/mol. The summed E-state index contributed by atoms with van der Waals surface area (Å²) in [4.78, 5) is 11.0. The number of rotatable bonds is 5. The van der Waals surface area contributed by atoms with Crippen molar-refractivity contribution in [3.05, 3.63) is 35.4 Å². The van der Waals surface area contributed by atoms with Crippen LogP contribution in [0.1, 0.15) is 24.5 Å². The Hall–Kier alpha value is -1.35. The van der Waals surface area contributed by atoms with Gasteiger partial charge in [-0.3, -0.25) is 4.79 Å². The van der Waals surface area contributed by atoms with Crippen molar-refractivity contribution in [2.24, 2.45) is 5.92 Å². The fourth-order valence-corrected chi connectivity index (χ4v) is 1.69. The molecule has 0 amide bonds. The molecule has 0 bridgehead atoms. The molecule has 2 N–H and O–H groups in total. The van der Waals surface area contributed by atoms with E-state index >= 15 is 0 Å². The van der Waals surface area contributed by atoms with Gasteiger partial charge in [0.1, 0.15) is 0 Å². The number of aliphatic hydroxyl groups is 1. The van der Waals surface area contributed by atoms with Crippen LogP contribution >= 0.6 is 0 Å². The van der Waals surface area contributed by atoms with E-state index in [1.165, 1.54) is 0 Å². The number of carbonyl (C=O) groups is 1. The monoisotopic (exact) mass is 222 g/mol. The second-order valence-electron chi connectivity index (χ2n) is 4.31. The summed E-state index contributed by atoms with van der Waals surface area (Å²) < 4.78 is 0. The molecule has 0 aliphatic rings. The fourth-order valence-electron chi connectivity index (χ4n) is 1.69. The molecule has 1 aromatic carbocycles. The molecule has 0 saturated heterocycles. The van der Waals surface area contributed by atoms with E-state index in [-0.39, 0.29) is 0 Å². The molecule has 0 heterocycles. The van der Waals surface area contributed by atoms with Gasteiger partial charge in [-0.25, -0.2) is 0 Å². The van der Waals surface area contributed by atoms with E-state index in [4.69, 9.17) is 5.11 Å². The summed E-state index contributed by atoms with van der Waals surface area (Å²) in [5, 5.41) is 18.3. The predicted molar refractivity (Wildman–Crippen MR) is 62.3 cm³/mol. The molecule has 88 valence electrons. The molecule has 2 atom stereocenters. The van der Waals surface area contributed by atoms with Crippen molar-refractivity contribution < 1.29 is 15.0 Å². The third-order valence-electron chi connectivity index (χ3n) is 2.58. The van der Waals surface area contributed by atoms with Gasteiger partial charge < -0.3 is 10.2 Å². The number of aliphatic hydroxyl groups excluding tert-OH is 1. The number of aliphatic carboxylic acids is 1. The maximum atomic E-state index is 11.0. The van der Waals surface area contributed by atoms with Crippen LogP contribution in [0.15, 0.2) is 24.3 Å². The van der Waals surface area contributed by atoms with Gasteiger partial charge in [-0.15, -0.1) is 0 Å². The molecule has 0 radical (unpaired) electrons. The topological polar surface area (TPSA) is 57.5 Å². The lowest BCUT2D eigenvalue weighted by atomic mass is 9.94. The maximum absolute atomic E-state index is 11.0. The molecule has 1 rings (SSSR count). The Morgan fingerprint density at radius 2 is 1.88 bits per heavy atom. The van der Waals surface area contributed by atoms with Gasteiger partial charge in [-0.2, -0.15) is 0 Å². The van der Waals surface area contributed by atoms with Gasteiger partial charge in [0.05, 0.1) is 12.0 Å². The summed E-state index contributed by atoms with van der Waals surface area (Å²) in [6.07, 6.45) is 0.190. The van der Waals surface area contributed by atoms with Gasteiger partial charge in [0.15, 0.2) is 0 Å². The van der Waals surface area contributed by atoms with Gasteiger partial charge in [-0.1, -0.05) is 29.8 Å². The van der Waals surface area contributed by atoms with Gasteiger partial charge in [0.25, 0.3) is 0 Å². The SMILES string of the molecule is Cc1ccc(CC(CC(C)O)C(=O)O)cc1. The summed E-state index contributed by atoms with van der Waals surface area (Å²) in [5.74, 6) is -1.36. The smallest absolute Gasteiger partial charge is 0.306 e. The first kappa shape index (κ1) is 12.7. The van der Waals surface area contributed by atoms with Gasteiger partial charge in [0, 0.05) is 0 Å². The summed E-state index contributed by atoms with van der Waals surface area (Å²) in [7, 11) is 0. The summed E-state index contributed by atoms with van der Waals surface area (Å²) in [5.41, 5.74) is 2.16. The molecule has 2 unspecified atom stereocenters. The minimum atomic E-state index is -0.846. The average Bonchev–Trinajstić information content (AvgIpc) is 2.19. The zero-order chi connectivity index (χ0) is 12.1. The second-order valence-corrected chi connectivity index (χ2v) is 4.31. The molecule has 0 fully saturated rings. The Morgan fingerprint density at radius 1 is 1.31 bits per heavy atom. The van der Waals surface area contributed by atoms with Crippen LogP contribution in [-0.4, -0.2) is 22.3 Å². The van der Waals surface area contributed by atoms with E-state index < -0.39 is 18.0 Å². The zero-order valence-electron chi connectivity index (χ0n) is 9.68. The molecular weight excluding hydrogens is 204 g/mol. The highest BCUT2D eigenvalue weighted by atomic mass is 16.4. The molecule has 0 spiro atoms. The molecule has 0 aliphatic carbocycles. The lowest BCUT2D eigenvalue weighted by Gasteiger charge is -2.14. The van der Waals surface area contributed by atoms with Gasteiger partial charge >= 0.3 is 5.97 Å². The number of hydrogen-bond acceptors (Lipinski definition) is 2. The van der Waals surface area contributed by atoms with Crippen LogP contribution < -0.4 is 0 Å². The minimum Gasteiger partial charge on any atom is -0.481 e. The largest absolute Gasteiger partial charge is 0.481 e. The van der Waals surface area contributed by atoms with Crippen molar-refractivity contribution >= 4 is 5.97 Å². The van der Waals surface area contributed by atoms with E-state index in [0.717, 1.165) is 11.1 Å². The highest BCUT2D eigenvalue weighted by molar-refractivity contribution is 5.70. The van der Waals surface area contributed by atoms with Crippen LogP contribution in [0.2, 0.25) is 0 Å². The molecule has 16 heavy (non-hydrogen) atoms. The van der Waals surface area contributed by atoms with Crippen molar-refractivity contribution in [3.8, 4) is 0 Å². The molecule has 3 heteroatoms. The number of hydrogen-bond donors (Lipinski definition) is 2. The van der Waals surface area contributed by atoms with E-state index in [1.54, 1.807) is 6.92 Å². The first-order chi connectivity index (χ1) is 7.49. The molecule has 3 nitrogen and oxygen atoms in total. The normalized spacial score (nSPS) is 14.4. The van der Waals surface area contributed by atoms with Crippen LogP contribution in [0.4, 0.5) is 0 Å². The quantitative estimate of drug-likeness (QED) is 0.801. The van der Waals surface area contributed by atoms with Crippen molar-refractivity contribution in [1.29, 1.82) is 0 Å². The van der Waals surface area contributed by atoms with Crippen molar-refractivity contribution in [3.63, 3.8) is 0 Å². The summed E-state index contributed by atoms with van der Waals surface area (Å²) in [6, 6.07) is 7.81. The Kier molecular flexibility index (Phi) is 4.50. The Morgan fingerprint density at radius 3 is 2.31 bits per heavy atom. The lowest BCUT2D eigenvalue weighted by molar-refractivity contribution is -0.142. The number of aryl methyl sites for hydroxylation is 1. The molecule has 0 aromatic heterocycles. The first-order valence-electron chi connectivity index (χ1n) is 5.45. The van der Waals surface area contributed by atoms with Crippen molar-refractivity contribution in [2.75, 3.05) is 0 Å².